The molecule has 1 saturated heterocycles. The van der Waals surface area contributed by atoms with Crippen molar-refractivity contribution in [1.82, 2.24) is 19.8 Å². The van der Waals surface area contributed by atoms with Crippen LogP contribution in [0.15, 0.2) is 42.5 Å². The van der Waals surface area contributed by atoms with Crippen molar-refractivity contribution in [3.8, 4) is 0 Å². The van der Waals surface area contributed by atoms with Gasteiger partial charge in [-0.05, 0) is 73.3 Å². The Morgan fingerprint density at radius 3 is 2.49 bits per heavy atom. The van der Waals surface area contributed by atoms with Crippen LogP contribution in [0.25, 0.3) is 0 Å². The van der Waals surface area contributed by atoms with Gasteiger partial charge in [-0.2, -0.15) is 0 Å². The number of halogens is 1. The van der Waals surface area contributed by atoms with Crippen molar-refractivity contribution in [2.45, 2.75) is 51.2 Å². The lowest BCUT2D eigenvalue weighted by atomic mass is 9.91. The monoisotopic (exact) mass is 551 g/mol. The van der Waals surface area contributed by atoms with Gasteiger partial charge >= 0.3 is 0 Å². The number of nitrogens with one attached hydrogen (secondary N) is 2. The van der Waals surface area contributed by atoms with Crippen molar-refractivity contribution in [2.75, 3.05) is 36.4 Å². The van der Waals surface area contributed by atoms with Gasteiger partial charge in [-0.25, -0.2) is 4.39 Å². The van der Waals surface area contributed by atoms with Crippen molar-refractivity contribution in [1.29, 1.82) is 0 Å². The third-order valence-corrected chi connectivity index (χ3v) is 8.40. The summed E-state index contributed by atoms with van der Waals surface area (Å²) in [5, 5.41) is 10.0. The lowest BCUT2D eigenvalue weighted by Gasteiger charge is -2.36. The Morgan fingerprint density at radius 2 is 1.79 bits per heavy atom. The summed E-state index contributed by atoms with van der Waals surface area (Å²) < 4.78 is 17.2. The second kappa shape index (κ2) is 12.2. The molecule has 11 heteroatoms. The summed E-state index contributed by atoms with van der Waals surface area (Å²) in [6, 6.07) is 11.9. The van der Waals surface area contributed by atoms with Gasteiger partial charge in [0.2, 0.25) is 0 Å². The van der Waals surface area contributed by atoms with Gasteiger partial charge in [0.1, 0.15) is 10.7 Å². The van der Waals surface area contributed by atoms with Crippen molar-refractivity contribution in [3.05, 3.63) is 70.0 Å². The highest BCUT2D eigenvalue weighted by molar-refractivity contribution is 7.08. The van der Waals surface area contributed by atoms with Crippen LogP contribution in [0.2, 0.25) is 0 Å². The Morgan fingerprint density at radius 1 is 1.05 bits per heavy atom. The summed E-state index contributed by atoms with van der Waals surface area (Å²) in [5.41, 5.74) is 9.80. The van der Waals surface area contributed by atoms with Gasteiger partial charge in [0, 0.05) is 61.7 Å². The Labute approximate surface area is 231 Å². The van der Waals surface area contributed by atoms with Crippen molar-refractivity contribution in [2.24, 2.45) is 5.73 Å². The van der Waals surface area contributed by atoms with E-state index in [2.05, 4.69) is 30.0 Å². The van der Waals surface area contributed by atoms with Crippen molar-refractivity contribution >= 4 is 34.7 Å². The first-order valence-electron chi connectivity index (χ1n) is 13.4. The largest absolute Gasteiger partial charge is 0.369 e. The Hall–Kier alpha value is -3.41. The molecule has 0 radical (unpaired) electrons. The summed E-state index contributed by atoms with van der Waals surface area (Å²) in [5.74, 6) is -0.727. The number of carbonyl (C=O) groups excluding carboxylic acids is 2. The molecule has 0 spiro atoms. The predicted molar refractivity (Wildman–Crippen MR) is 151 cm³/mol. The average molecular weight is 552 g/mol. The van der Waals surface area contributed by atoms with E-state index >= 15 is 0 Å². The van der Waals surface area contributed by atoms with E-state index < -0.39 is 0 Å². The maximum atomic E-state index is 13.3. The highest BCUT2D eigenvalue weighted by Crippen LogP contribution is 2.25. The van der Waals surface area contributed by atoms with Crippen LogP contribution in [0.4, 0.5) is 15.8 Å². The lowest BCUT2D eigenvalue weighted by Crippen LogP contribution is -2.49. The quantitative estimate of drug-likeness (QED) is 0.411. The van der Waals surface area contributed by atoms with E-state index in [-0.39, 0.29) is 29.7 Å². The molecule has 4 N–H and O–H groups in total. The smallest absolute Gasteiger partial charge is 0.269 e. The number of carbonyl (C=O) groups is 2. The molecule has 1 aliphatic carbocycles. The highest BCUT2D eigenvalue weighted by atomic mass is 32.1. The molecule has 2 aromatic carbocycles. The molecule has 0 bridgehead atoms. The van der Waals surface area contributed by atoms with E-state index in [4.69, 9.17) is 5.73 Å². The Bertz CT molecular complexity index is 1310. The Balaban J connectivity index is 1.31. The fourth-order valence-corrected chi connectivity index (χ4v) is 5.79. The maximum Gasteiger partial charge on any atom is 0.269 e. The zero-order chi connectivity index (χ0) is 27.4. The van der Waals surface area contributed by atoms with Crippen LogP contribution < -0.4 is 21.3 Å². The molecule has 1 aromatic heterocycles. The minimum atomic E-state index is -0.295. The summed E-state index contributed by atoms with van der Waals surface area (Å²) in [7, 11) is 0. The first kappa shape index (κ1) is 27.2. The summed E-state index contributed by atoms with van der Waals surface area (Å²) in [6.07, 6.45) is 3.91. The second-order valence-electron chi connectivity index (χ2n) is 10.3. The number of aromatic nitrogens is 2. The zero-order valence-corrected chi connectivity index (χ0v) is 22.8. The van der Waals surface area contributed by atoms with E-state index in [0.29, 0.717) is 28.4 Å². The van der Waals surface area contributed by atoms with Crippen LogP contribution in [-0.2, 0) is 6.54 Å². The van der Waals surface area contributed by atoms with Gasteiger partial charge in [-0.1, -0.05) is 23.4 Å². The third kappa shape index (κ3) is 6.60. The van der Waals surface area contributed by atoms with Gasteiger partial charge in [-0.15, -0.1) is 5.10 Å². The molecule has 1 aliphatic heterocycles. The van der Waals surface area contributed by atoms with Crippen molar-refractivity contribution in [3.63, 3.8) is 0 Å². The average Bonchev–Trinajstić information content (AvgIpc) is 3.38. The number of hydrogen-bond acceptors (Lipinski definition) is 8. The minimum Gasteiger partial charge on any atom is -0.369 e. The fraction of sp³-hybridized carbons (Fsp3) is 0.429. The fourth-order valence-electron chi connectivity index (χ4n) is 5.24. The molecule has 2 amide bonds. The van der Waals surface area contributed by atoms with Crippen LogP contribution in [0, 0.1) is 12.7 Å². The number of amides is 2. The number of aryl methyl sites for hydroxylation is 1. The topological polar surface area (TPSA) is 116 Å². The standard InChI is InChI=1S/C28H34FN7O2S/c1-18-26(39-34-33-18)28(38)32-25-16-19(27(37)31-24-5-3-2-4-23(24)30)6-7-20(25)17-35-12-14-36(15-13-35)22-10-8-21(29)9-11-22/h6-11,16,23-24H,2-5,12-15,17,30H2,1H3,(H,31,37)(H,32,38). The minimum absolute atomic E-state index is 0.0449. The van der Waals surface area contributed by atoms with Crippen LogP contribution in [0.5, 0.6) is 0 Å². The molecule has 2 fully saturated rings. The van der Waals surface area contributed by atoms with E-state index in [1.165, 1.54) is 12.1 Å². The van der Waals surface area contributed by atoms with Gasteiger partial charge in [0.15, 0.2) is 0 Å². The molecule has 5 rings (SSSR count). The molecular weight excluding hydrogens is 517 g/mol. The highest BCUT2D eigenvalue weighted by Gasteiger charge is 2.25. The number of rotatable bonds is 7. The molecule has 1 saturated carbocycles. The molecule has 2 unspecified atom stereocenters. The molecule has 2 aliphatic rings. The van der Waals surface area contributed by atoms with Crippen LogP contribution in [-0.4, -0.2) is 64.6 Å². The molecule has 2 heterocycles. The van der Waals surface area contributed by atoms with Gasteiger partial charge < -0.3 is 21.3 Å². The molecular formula is C28H34FN7O2S. The van der Waals surface area contributed by atoms with Crippen LogP contribution in [0.3, 0.4) is 0 Å². The number of benzene rings is 2. The molecule has 206 valence electrons. The van der Waals surface area contributed by atoms with Crippen LogP contribution in [0.1, 0.15) is 57.0 Å². The summed E-state index contributed by atoms with van der Waals surface area (Å²) >= 11 is 1.05. The van der Waals surface area contributed by atoms with E-state index in [0.717, 1.165) is 74.6 Å². The molecule has 39 heavy (non-hydrogen) atoms. The summed E-state index contributed by atoms with van der Waals surface area (Å²) in [6.45, 7) is 5.59. The molecule has 2 atom stereocenters. The number of nitrogens with zero attached hydrogens (tertiary/aromatic N) is 4. The maximum absolute atomic E-state index is 13.3. The zero-order valence-electron chi connectivity index (χ0n) is 22.0. The van der Waals surface area contributed by atoms with E-state index in [1.807, 2.05) is 12.1 Å². The number of piperazine rings is 1. The van der Waals surface area contributed by atoms with E-state index in [9.17, 15) is 14.0 Å². The van der Waals surface area contributed by atoms with Gasteiger partial charge in [-0.3, -0.25) is 14.5 Å². The first-order valence-corrected chi connectivity index (χ1v) is 14.2. The number of nitrogens with two attached hydrogens (primary N) is 1. The second-order valence-corrected chi connectivity index (χ2v) is 11.0. The number of hydrogen-bond donors (Lipinski definition) is 3. The Kier molecular flexibility index (Phi) is 8.49. The van der Waals surface area contributed by atoms with Gasteiger partial charge in [0.25, 0.3) is 11.8 Å². The summed E-state index contributed by atoms with van der Waals surface area (Å²) in [4.78, 5) is 31.2. The third-order valence-electron chi connectivity index (χ3n) is 7.57. The molecule has 3 aromatic rings. The first-order chi connectivity index (χ1) is 18.9. The predicted octanol–water partition coefficient (Wildman–Crippen LogP) is 3.56. The number of anilines is 2. The SMILES string of the molecule is Cc1nnsc1C(=O)Nc1cc(C(=O)NC2CCCCC2N)ccc1CN1CCN(c2ccc(F)cc2)CC1. The normalized spacial score (nSPS) is 20.0. The van der Waals surface area contributed by atoms with Crippen LogP contribution >= 0.6 is 11.5 Å². The molecule has 9 nitrogen and oxygen atoms in total. The van der Waals surface area contributed by atoms with E-state index in [1.54, 1.807) is 25.1 Å². The van der Waals surface area contributed by atoms with Gasteiger partial charge in [0.05, 0.1) is 5.69 Å². The van der Waals surface area contributed by atoms with Crippen molar-refractivity contribution < 1.29 is 14.0 Å². The lowest BCUT2D eigenvalue weighted by molar-refractivity contribution is 0.0920.